The van der Waals surface area contributed by atoms with Crippen LogP contribution >= 0.6 is 0 Å². The van der Waals surface area contributed by atoms with E-state index in [1.807, 2.05) is 6.07 Å². The molecule has 2 heterocycles. The second-order valence-electron chi connectivity index (χ2n) is 3.16. The quantitative estimate of drug-likeness (QED) is 0.514. The van der Waals surface area contributed by atoms with E-state index < -0.39 is 0 Å². The fourth-order valence-corrected chi connectivity index (χ4v) is 1.21. The molecule has 0 saturated heterocycles. The molecule has 0 radical (unpaired) electrons. The molecule has 2 aromatic heterocycles. The topological polar surface area (TPSA) is 102 Å². The molecule has 84 valence electrons. The van der Waals surface area contributed by atoms with Crippen LogP contribution in [-0.4, -0.2) is 15.1 Å². The monoisotopic (exact) mass is 220 g/mol. The molecule has 0 fully saturated rings. The average molecular weight is 220 g/mol. The summed E-state index contributed by atoms with van der Waals surface area (Å²) in [5, 5.41) is 6.81. The van der Waals surface area contributed by atoms with E-state index in [1.54, 1.807) is 19.2 Å². The summed E-state index contributed by atoms with van der Waals surface area (Å²) in [4.78, 5) is 8.06. The maximum Gasteiger partial charge on any atom is 0.245 e. The lowest BCUT2D eigenvalue weighted by atomic mass is 10.4. The second kappa shape index (κ2) is 4.58. The van der Waals surface area contributed by atoms with Gasteiger partial charge in [-0.05, 0) is 13.0 Å². The number of aromatic nitrogens is 3. The summed E-state index contributed by atoms with van der Waals surface area (Å²) in [6, 6.07) is 3.60. The number of anilines is 2. The lowest BCUT2D eigenvalue weighted by molar-refractivity contribution is 0.379. The van der Waals surface area contributed by atoms with Gasteiger partial charge in [-0.3, -0.25) is 0 Å². The van der Waals surface area contributed by atoms with Gasteiger partial charge in [0.2, 0.25) is 5.89 Å². The number of hydrogen-bond acceptors (Lipinski definition) is 7. The van der Waals surface area contributed by atoms with E-state index in [4.69, 9.17) is 10.4 Å². The number of hydrogen-bond donors (Lipinski definition) is 3. The highest BCUT2D eigenvalue weighted by atomic mass is 16.5. The van der Waals surface area contributed by atoms with Gasteiger partial charge in [0.25, 0.3) is 0 Å². The molecule has 0 aromatic carbocycles. The maximum absolute atomic E-state index is 5.25. The summed E-state index contributed by atoms with van der Waals surface area (Å²) in [5.74, 6) is 7.00. The zero-order valence-electron chi connectivity index (χ0n) is 8.77. The van der Waals surface area contributed by atoms with Crippen molar-refractivity contribution in [3.8, 4) is 0 Å². The van der Waals surface area contributed by atoms with Crippen LogP contribution in [0.1, 0.15) is 11.7 Å². The Morgan fingerprint density at radius 2 is 2.38 bits per heavy atom. The highest BCUT2D eigenvalue weighted by Crippen LogP contribution is 2.11. The summed E-state index contributed by atoms with van der Waals surface area (Å²) in [7, 11) is 0. The third-order valence-electron chi connectivity index (χ3n) is 1.92. The molecule has 4 N–H and O–H groups in total. The Labute approximate surface area is 92.0 Å². The number of nitrogens with two attached hydrogens (primary N) is 1. The molecule has 2 aromatic rings. The fraction of sp³-hybridized carbons (Fsp3) is 0.222. The van der Waals surface area contributed by atoms with E-state index in [0.29, 0.717) is 24.1 Å². The average Bonchev–Trinajstić information content (AvgIpc) is 2.73. The lowest BCUT2D eigenvalue weighted by Gasteiger charge is -2.04. The first-order valence-electron chi connectivity index (χ1n) is 4.73. The molecular weight excluding hydrogens is 208 g/mol. The van der Waals surface area contributed by atoms with Crippen molar-refractivity contribution in [2.75, 3.05) is 10.7 Å². The third kappa shape index (κ3) is 2.45. The first-order chi connectivity index (χ1) is 7.78. The number of pyridine rings is 1. The molecule has 0 atom stereocenters. The molecule has 7 heteroatoms. The normalized spacial score (nSPS) is 10.1. The molecule has 2 rings (SSSR count). The van der Waals surface area contributed by atoms with Crippen molar-refractivity contribution in [1.82, 2.24) is 15.1 Å². The second-order valence-corrected chi connectivity index (χ2v) is 3.16. The molecular formula is C9H12N6O. The van der Waals surface area contributed by atoms with Crippen molar-refractivity contribution < 1.29 is 4.52 Å². The number of rotatable bonds is 4. The standard InChI is InChI=1S/C9H12N6O/c1-6-13-9(16-15-6)5-12-7-2-3-11-8(4-7)14-10/h2-4H,5,10H2,1H3,(H2,11,12,14). The molecule has 0 aliphatic heterocycles. The Hall–Kier alpha value is -2.15. The van der Waals surface area contributed by atoms with Gasteiger partial charge < -0.3 is 15.3 Å². The number of nitrogen functional groups attached to an aromatic ring is 1. The van der Waals surface area contributed by atoms with Gasteiger partial charge in [0, 0.05) is 18.0 Å². The van der Waals surface area contributed by atoms with Crippen LogP contribution in [-0.2, 0) is 6.54 Å². The van der Waals surface area contributed by atoms with Crippen LogP contribution in [0.25, 0.3) is 0 Å². The highest BCUT2D eigenvalue weighted by Gasteiger charge is 2.02. The van der Waals surface area contributed by atoms with Crippen LogP contribution in [0.5, 0.6) is 0 Å². The third-order valence-corrected chi connectivity index (χ3v) is 1.92. The largest absolute Gasteiger partial charge is 0.376 e. The van der Waals surface area contributed by atoms with Crippen LogP contribution in [0.15, 0.2) is 22.9 Å². The van der Waals surface area contributed by atoms with E-state index in [0.717, 1.165) is 5.69 Å². The van der Waals surface area contributed by atoms with Crippen LogP contribution in [0.2, 0.25) is 0 Å². The predicted octanol–water partition coefficient (Wildman–Crippen LogP) is 0.671. The highest BCUT2D eigenvalue weighted by molar-refractivity contribution is 5.51. The molecule has 0 aliphatic rings. The van der Waals surface area contributed by atoms with Crippen LogP contribution in [0.4, 0.5) is 11.5 Å². The minimum atomic E-state index is 0.467. The van der Waals surface area contributed by atoms with E-state index in [-0.39, 0.29) is 0 Å². The molecule has 0 unspecified atom stereocenters. The van der Waals surface area contributed by atoms with Gasteiger partial charge in [0.1, 0.15) is 5.82 Å². The number of nitrogens with zero attached hydrogens (tertiary/aromatic N) is 3. The molecule has 0 saturated carbocycles. The number of nitrogens with one attached hydrogen (secondary N) is 2. The van der Waals surface area contributed by atoms with Gasteiger partial charge in [0.05, 0.1) is 6.54 Å². The minimum absolute atomic E-state index is 0.467. The summed E-state index contributed by atoms with van der Waals surface area (Å²) >= 11 is 0. The Morgan fingerprint density at radius 3 is 3.06 bits per heavy atom. The lowest BCUT2D eigenvalue weighted by Crippen LogP contribution is -2.09. The van der Waals surface area contributed by atoms with Gasteiger partial charge in [0.15, 0.2) is 5.82 Å². The van der Waals surface area contributed by atoms with Crippen LogP contribution in [0, 0.1) is 6.92 Å². The minimum Gasteiger partial charge on any atom is -0.376 e. The maximum atomic E-state index is 5.25. The van der Waals surface area contributed by atoms with E-state index in [2.05, 4.69) is 25.9 Å². The van der Waals surface area contributed by atoms with E-state index >= 15 is 0 Å². The fourth-order valence-electron chi connectivity index (χ4n) is 1.21. The molecule has 16 heavy (non-hydrogen) atoms. The summed E-state index contributed by atoms with van der Waals surface area (Å²) in [6.45, 7) is 2.24. The van der Waals surface area contributed by atoms with E-state index in [1.165, 1.54) is 0 Å². The molecule has 0 spiro atoms. The number of aryl methyl sites for hydroxylation is 1. The van der Waals surface area contributed by atoms with Gasteiger partial charge >= 0.3 is 0 Å². The molecule has 0 aliphatic carbocycles. The first kappa shape index (κ1) is 10.4. The summed E-state index contributed by atoms with van der Waals surface area (Å²) < 4.78 is 4.96. The van der Waals surface area contributed by atoms with E-state index in [9.17, 15) is 0 Å². The Morgan fingerprint density at radius 1 is 1.50 bits per heavy atom. The van der Waals surface area contributed by atoms with Crippen molar-refractivity contribution in [3.63, 3.8) is 0 Å². The van der Waals surface area contributed by atoms with Crippen molar-refractivity contribution in [2.45, 2.75) is 13.5 Å². The van der Waals surface area contributed by atoms with Gasteiger partial charge in [-0.1, -0.05) is 5.16 Å². The first-order valence-corrected chi connectivity index (χ1v) is 4.73. The Balaban J connectivity index is 1.99. The van der Waals surface area contributed by atoms with Crippen molar-refractivity contribution >= 4 is 11.5 Å². The van der Waals surface area contributed by atoms with Crippen molar-refractivity contribution in [3.05, 3.63) is 30.0 Å². The zero-order valence-corrected chi connectivity index (χ0v) is 8.77. The SMILES string of the molecule is Cc1noc(CNc2ccnc(NN)c2)n1. The van der Waals surface area contributed by atoms with Gasteiger partial charge in [-0.25, -0.2) is 10.8 Å². The van der Waals surface area contributed by atoms with Crippen LogP contribution in [0.3, 0.4) is 0 Å². The zero-order chi connectivity index (χ0) is 11.4. The van der Waals surface area contributed by atoms with Gasteiger partial charge in [-0.2, -0.15) is 4.98 Å². The summed E-state index contributed by atoms with van der Waals surface area (Å²) in [5.41, 5.74) is 3.34. The Bertz CT molecular complexity index is 469. The molecule has 7 nitrogen and oxygen atoms in total. The molecule has 0 bridgehead atoms. The van der Waals surface area contributed by atoms with Crippen molar-refractivity contribution in [1.29, 1.82) is 0 Å². The van der Waals surface area contributed by atoms with Gasteiger partial charge in [-0.15, -0.1) is 0 Å². The smallest absolute Gasteiger partial charge is 0.245 e. The van der Waals surface area contributed by atoms with Crippen molar-refractivity contribution in [2.24, 2.45) is 5.84 Å². The number of hydrazine groups is 1. The molecule has 0 amide bonds. The Kier molecular flexibility index (Phi) is 2.97. The summed E-state index contributed by atoms with van der Waals surface area (Å²) in [6.07, 6.45) is 1.65. The van der Waals surface area contributed by atoms with Crippen LogP contribution < -0.4 is 16.6 Å². The predicted molar refractivity (Wildman–Crippen MR) is 58.4 cm³/mol.